The van der Waals surface area contributed by atoms with Crippen LogP contribution < -0.4 is 10.6 Å². The summed E-state index contributed by atoms with van der Waals surface area (Å²) in [4.78, 5) is 19.6. The van der Waals surface area contributed by atoms with Crippen LogP contribution in [0.1, 0.15) is 12.2 Å². The van der Waals surface area contributed by atoms with Gasteiger partial charge in [-0.25, -0.2) is 18.9 Å². The van der Waals surface area contributed by atoms with Gasteiger partial charge in [-0.3, -0.25) is 4.98 Å². The minimum absolute atomic E-state index is 0.0471. The van der Waals surface area contributed by atoms with Gasteiger partial charge >= 0.3 is 6.03 Å². The van der Waals surface area contributed by atoms with Crippen LogP contribution in [0.25, 0.3) is 0 Å². The molecule has 0 aliphatic carbocycles. The van der Waals surface area contributed by atoms with Crippen molar-refractivity contribution in [2.24, 2.45) is 0 Å². The van der Waals surface area contributed by atoms with Crippen molar-refractivity contribution in [3.8, 4) is 0 Å². The van der Waals surface area contributed by atoms with Gasteiger partial charge in [0, 0.05) is 12.6 Å². The number of hydrogen-bond donors (Lipinski definition) is 2. The maximum absolute atomic E-state index is 13.4. The summed E-state index contributed by atoms with van der Waals surface area (Å²) >= 11 is 0. The number of fused-ring (bicyclic) bond motifs is 1. The zero-order chi connectivity index (χ0) is 13.9. The molecule has 8 heteroatoms. The second-order valence-electron chi connectivity index (χ2n) is 4.55. The van der Waals surface area contributed by atoms with E-state index in [9.17, 15) is 9.18 Å². The minimum Gasteiger partial charge on any atom is -0.333 e. The summed E-state index contributed by atoms with van der Waals surface area (Å²) in [5, 5.41) is 9.34. The van der Waals surface area contributed by atoms with E-state index in [1.54, 1.807) is 4.68 Å². The molecule has 0 aromatic carbocycles. The van der Waals surface area contributed by atoms with Gasteiger partial charge < -0.3 is 10.6 Å². The van der Waals surface area contributed by atoms with Crippen LogP contribution in [0.4, 0.5) is 14.9 Å². The van der Waals surface area contributed by atoms with Crippen molar-refractivity contribution < 1.29 is 9.18 Å². The van der Waals surface area contributed by atoms with E-state index in [4.69, 9.17) is 0 Å². The lowest BCUT2D eigenvalue weighted by Crippen LogP contribution is -2.43. The van der Waals surface area contributed by atoms with Gasteiger partial charge in [-0.15, -0.1) is 0 Å². The van der Waals surface area contributed by atoms with Crippen molar-refractivity contribution >= 4 is 11.7 Å². The maximum atomic E-state index is 13.4. The van der Waals surface area contributed by atoms with Gasteiger partial charge in [0.15, 0.2) is 5.82 Å². The van der Waals surface area contributed by atoms with Gasteiger partial charge in [0.2, 0.25) is 0 Å². The van der Waals surface area contributed by atoms with E-state index in [1.165, 1.54) is 18.6 Å². The number of nitrogens with zero attached hydrogens (tertiary/aromatic N) is 4. The van der Waals surface area contributed by atoms with Crippen LogP contribution in [0.15, 0.2) is 24.8 Å². The topological polar surface area (TPSA) is 84.7 Å². The molecule has 0 radical (unpaired) electrons. The first-order valence-corrected chi connectivity index (χ1v) is 6.26. The fourth-order valence-electron chi connectivity index (χ4n) is 2.18. The quantitative estimate of drug-likeness (QED) is 0.855. The fourth-order valence-corrected chi connectivity index (χ4v) is 2.18. The highest BCUT2D eigenvalue weighted by atomic mass is 19.1. The Morgan fingerprint density at radius 1 is 1.50 bits per heavy atom. The van der Waals surface area contributed by atoms with E-state index >= 15 is 0 Å². The molecule has 0 spiro atoms. The molecule has 0 saturated heterocycles. The molecule has 0 saturated carbocycles. The van der Waals surface area contributed by atoms with Crippen molar-refractivity contribution in [1.82, 2.24) is 25.1 Å². The zero-order valence-corrected chi connectivity index (χ0v) is 10.6. The monoisotopic (exact) mass is 276 g/mol. The number of aryl methyl sites for hydroxylation is 1. The third-order valence-corrected chi connectivity index (χ3v) is 3.16. The predicted molar refractivity (Wildman–Crippen MR) is 68.5 cm³/mol. The Hall–Kier alpha value is -2.51. The molecule has 3 rings (SSSR count). The van der Waals surface area contributed by atoms with Gasteiger partial charge in [-0.2, -0.15) is 5.10 Å². The van der Waals surface area contributed by atoms with Gasteiger partial charge in [-0.1, -0.05) is 0 Å². The molecule has 7 nitrogen and oxygen atoms in total. The number of anilines is 1. The summed E-state index contributed by atoms with van der Waals surface area (Å²) in [5.41, 5.74) is 0.106. The van der Waals surface area contributed by atoms with Gasteiger partial charge in [-0.05, 0) is 12.5 Å². The van der Waals surface area contributed by atoms with Gasteiger partial charge in [0.1, 0.15) is 12.2 Å². The first kappa shape index (κ1) is 12.5. The van der Waals surface area contributed by atoms with Crippen molar-refractivity contribution in [1.29, 1.82) is 0 Å². The summed E-state index contributed by atoms with van der Waals surface area (Å²) < 4.78 is 15.1. The highest BCUT2D eigenvalue weighted by Crippen LogP contribution is 2.13. The third-order valence-electron chi connectivity index (χ3n) is 3.16. The predicted octanol–water partition coefficient (Wildman–Crippen LogP) is 0.949. The summed E-state index contributed by atoms with van der Waals surface area (Å²) in [6.07, 6.45) is 5.52. The van der Waals surface area contributed by atoms with Crippen LogP contribution in [0.5, 0.6) is 0 Å². The van der Waals surface area contributed by atoms with E-state index in [0.717, 1.165) is 24.9 Å². The van der Waals surface area contributed by atoms with E-state index in [-0.39, 0.29) is 11.7 Å². The normalized spacial score (nSPS) is 17.4. The molecule has 1 aliphatic rings. The van der Waals surface area contributed by atoms with Crippen LogP contribution in [-0.2, 0) is 13.0 Å². The number of halogens is 1. The fraction of sp³-hybridized carbons (Fsp3) is 0.333. The number of pyridine rings is 1. The Labute approximate surface area is 114 Å². The first-order chi connectivity index (χ1) is 9.72. The summed E-state index contributed by atoms with van der Waals surface area (Å²) in [6, 6.07) is 0.920. The number of rotatable bonds is 2. The standard InChI is InChI=1S/C12H13FN6O/c13-9-5-14-4-3-10(9)18-12(20)17-8-1-2-11-15-7-16-19(11)6-8/h3-5,7-8H,1-2,6H2,(H2,14,17,18,20)/t8-/m0/s1. The van der Waals surface area contributed by atoms with Crippen molar-refractivity contribution in [2.75, 3.05) is 5.32 Å². The molecule has 2 amide bonds. The molecule has 20 heavy (non-hydrogen) atoms. The van der Waals surface area contributed by atoms with E-state index in [0.29, 0.717) is 6.54 Å². The molecule has 3 heterocycles. The van der Waals surface area contributed by atoms with Crippen LogP contribution in [0.2, 0.25) is 0 Å². The second-order valence-corrected chi connectivity index (χ2v) is 4.55. The van der Waals surface area contributed by atoms with E-state index < -0.39 is 11.8 Å². The molecule has 2 aromatic rings. The Balaban J connectivity index is 1.59. The average molecular weight is 276 g/mol. The van der Waals surface area contributed by atoms with Crippen molar-refractivity contribution in [3.63, 3.8) is 0 Å². The number of aromatic nitrogens is 4. The lowest BCUT2D eigenvalue weighted by atomic mass is 10.1. The van der Waals surface area contributed by atoms with E-state index in [2.05, 4.69) is 25.7 Å². The molecule has 2 aromatic heterocycles. The number of carbonyl (C=O) groups excluding carboxylic acids is 1. The number of hydrogen-bond acceptors (Lipinski definition) is 4. The molecule has 0 unspecified atom stereocenters. The van der Waals surface area contributed by atoms with Crippen LogP contribution in [0, 0.1) is 5.82 Å². The highest BCUT2D eigenvalue weighted by Gasteiger charge is 2.21. The minimum atomic E-state index is -0.565. The zero-order valence-electron chi connectivity index (χ0n) is 10.6. The summed E-state index contributed by atoms with van der Waals surface area (Å²) in [7, 11) is 0. The largest absolute Gasteiger partial charge is 0.333 e. The Kier molecular flexibility index (Phi) is 3.28. The second kappa shape index (κ2) is 5.24. The van der Waals surface area contributed by atoms with Crippen molar-refractivity contribution in [2.45, 2.75) is 25.4 Å². The molecule has 1 aliphatic heterocycles. The molecular weight excluding hydrogens is 263 g/mol. The average Bonchev–Trinajstić information content (AvgIpc) is 2.89. The summed E-state index contributed by atoms with van der Waals surface area (Å²) in [6.45, 7) is 0.571. The Morgan fingerprint density at radius 2 is 2.40 bits per heavy atom. The Morgan fingerprint density at radius 3 is 3.25 bits per heavy atom. The van der Waals surface area contributed by atoms with Gasteiger partial charge in [0.05, 0.1) is 24.5 Å². The first-order valence-electron chi connectivity index (χ1n) is 6.26. The smallest absolute Gasteiger partial charge is 0.319 e. The van der Waals surface area contributed by atoms with Crippen LogP contribution in [-0.4, -0.2) is 31.8 Å². The number of nitrogens with one attached hydrogen (secondary N) is 2. The maximum Gasteiger partial charge on any atom is 0.319 e. The van der Waals surface area contributed by atoms with Gasteiger partial charge in [0.25, 0.3) is 0 Å². The molecular formula is C12H13FN6O. The van der Waals surface area contributed by atoms with Crippen molar-refractivity contribution in [3.05, 3.63) is 36.4 Å². The highest BCUT2D eigenvalue weighted by molar-refractivity contribution is 5.89. The van der Waals surface area contributed by atoms with E-state index in [1.807, 2.05) is 0 Å². The molecule has 0 bridgehead atoms. The van der Waals surface area contributed by atoms with Crippen LogP contribution >= 0.6 is 0 Å². The number of urea groups is 1. The molecule has 104 valence electrons. The molecule has 0 fully saturated rings. The third kappa shape index (κ3) is 2.58. The Bertz CT molecular complexity index is 628. The number of carbonyl (C=O) groups is 1. The molecule has 1 atom stereocenters. The number of amides is 2. The lowest BCUT2D eigenvalue weighted by molar-refractivity contribution is 0.243. The molecule has 2 N–H and O–H groups in total. The SMILES string of the molecule is O=C(Nc1ccncc1F)N[C@H]1CCc2ncnn2C1. The lowest BCUT2D eigenvalue weighted by Gasteiger charge is -2.23. The van der Waals surface area contributed by atoms with Crippen LogP contribution in [0.3, 0.4) is 0 Å². The summed E-state index contributed by atoms with van der Waals surface area (Å²) in [5.74, 6) is 0.355.